The second kappa shape index (κ2) is 7.52. The van der Waals surface area contributed by atoms with Crippen molar-refractivity contribution in [2.75, 3.05) is 19.0 Å². The third kappa shape index (κ3) is 3.09. The molecule has 168 valence electrons. The van der Waals surface area contributed by atoms with E-state index >= 15 is 0 Å². The number of hydrogen-bond acceptors (Lipinski definition) is 4. The second-order valence-corrected chi connectivity index (χ2v) is 9.07. The van der Waals surface area contributed by atoms with Gasteiger partial charge in [-0.05, 0) is 29.5 Å². The Bertz CT molecular complexity index is 1280. The van der Waals surface area contributed by atoms with Crippen molar-refractivity contribution in [3.05, 3.63) is 77.9 Å². The number of benzene rings is 3. The van der Waals surface area contributed by atoms with E-state index in [-0.39, 0.29) is 17.6 Å². The van der Waals surface area contributed by atoms with Crippen LogP contribution < -0.4 is 14.8 Å². The highest BCUT2D eigenvalue weighted by Gasteiger charge is 2.53. The lowest BCUT2D eigenvalue weighted by Gasteiger charge is -2.35. The van der Waals surface area contributed by atoms with E-state index in [1.165, 1.54) is 0 Å². The van der Waals surface area contributed by atoms with Crippen LogP contribution in [0.1, 0.15) is 24.0 Å². The highest BCUT2D eigenvalue weighted by Crippen LogP contribution is 2.55. The number of fused-ring (bicyclic) bond motifs is 1. The van der Waals surface area contributed by atoms with Crippen LogP contribution in [0.25, 0.3) is 10.8 Å². The molecule has 0 fully saturated rings. The van der Waals surface area contributed by atoms with Crippen LogP contribution in [0.3, 0.4) is 0 Å². The average Bonchev–Trinajstić information content (AvgIpc) is 3.06. The fraction of sp³-hybridized carbons (Fsp3) is 0.296. The first-order chi connectivity index (χ1) is 16.1. The van der Waals surface area contributed by atoms with Gasteiger partial charge >= 0.3 is 6.03 Å². The lowest BCUT2D eigenvalue weighted by atomic mass is 9.69. The Morgan fingerprint density at radius 3 is 2.91 bits per heavy atom. The van der Waals surface area contributed by atoms with Crippen LogP contribution in [0.15, 0.2) is 66.7 Å². The Morgan fingerprint density at radius 1 is 1.18 bits per heavy atom. The summed E-state index contributed by atoms with van der Waals surface area (Å²) in [4.78, 5) is 15.3. The van der Waals surface area contributed by atoms with Gasteiger partial charge in [0.1, 0.15) is 6.10 Å². The van der Waals surface area contributed by atoms with Crippen molar-refractivity contribution >= 4 is 22.5 Å². The average molecular weight is 443 g/mol. The lowest BCUT2D eigenvalue weighted by molar-refractivity contribution is 0.0824. The number of aliphatic hydroxyl groups excluding tert-OH is 1. The maximum Gasteiger partial charge on any atom is 0.322 e. The SMILES string of the molecule is COc1ccc2c3c1OC1CC(O)C=CC31CCN(C(=O)Nc1cccc3ccccc13)C2. The summed E-state index contributed by atoms with van der Waals surface area (Å²) in [5, 5.41) is 15.5. The predicted molar refractivity (Wildman–Crippen MR) is 127 cm³/mol. The molecule has 3 aromatic carbocycles. The lowest BCUT2D eigenvalue weighted by Crippen LogP contribution is -2.43. The van der Waals surface area contributed by atoms with Crippen molar-refractivity contribution in [2.24, 2.45) is 0 Å². The molecule has 33 heavy (non-hydrogen) atoms. The van der Waals surface area contributed by atoms with Gasteiger partial charge in [-0.25, -0.2) is 4.79 Å². The molecule has 2 aliphatic heterocycles. The molecule has 3 atom stereocenters. The molecule has 0 aromatic heterocycles. The van der Waals surface area contributed by atoms with Gasteiger partial charge in [-0.3, -0.25) is 0 Å². The van der Waals surface area contributed by atoms with Gasteiger partial charge in [0.25, 0.3) is 0 Å². The standard InChI is InChI=1S/C27H26N2O4/c1-32-22-10-9-18-16-29(26(31)28-21-8-4-6-17-5-2-3-7-20(17)21)14-13-27-12-11-19(30)15-23(27)33-25(22)24(18)27/h2-12,19,23,30H,13-16H2,1H3,(H,28,31). The molecule has 0 saturated carbocycles. The van der Waals surface area contributed by atoms with Gasteiger partial charge < -0.3 is 24.8 Å². The Morgan fingerprint density at radius 2 is 2.03 bits per heavy atom. The zero-order valence-electron chi connectivity index (χ0n) is 18.5. The fourth-order valence-corrected chi connectivity index (χ4v) is 5.64. The molecule has 1 aliphatic carbocycles. The van der Waals surface area contributed by atoms with Crippen molar-refractivity contribution in [3.63, 3.8) is 0 Å². The number of methoxy groups -OCH3 is 1. The number of anilines is 1. The van der Waals surface area contributed by atoms with Crippen LogP contribution in [-0.4, -0.2) is 41.9 Å². The first-order valence-corrected chi connectivity index (χ1v) is 11.4. The fourth-order valence-electron chi connectivity index (χ4n) is 5.64. The largest absolute Gasteiger partial charge is 0.493 e. The minimum Gasteiger partial charge on any atom is -0.493 e. The molecular weight excluding hydrogens is 416 g/mol. The first-order valence-electron chi connectivity index (χ1n) is 11.4. The van der Waals surface area contributed by atoms with Crippen molar-refractivity contribution in [1.82, 2.24) is 4.90 Å². The maximum absolute atomic E-state index is 13.4. The molecule has 6 rings (SSSR count). The minimum atomic E-state index is -0.529. The smallest absolute Gasteiger partial charge is 0.322 e. The van der Waals surface area contributed by atoms with E-state index in [9.17, 15) is 9.90 Å². The molecule has 0 saturated heterocycles. The quantitative estimate of drug-likeness (QED) is 0.569. The van der Waals surface area contributed by atoms with Gasteiger partial charge in [-0.1, -0.05) is 54.6 Å². The van der Waals surface area contributed by atoms with Crippen LogP contribution in [0, 0.1) is 0 Å². The van der Waals surface area contributed by atoms with Gasteiger partial charge in [0.15, 0.2) is 11.5 Å². The minimum absolute atomic E-state index is 0.121. The van der Waals surface area contributed by atoms with Crippen molar-refractivity contribution in [1.29, 1.82) is 0 Å². The number of rotatable bonds is 2. The van der Waals surface area contributed by atoms with E-state index in [1.807, 2.05) is 65.6 Å². The second-order valence-electron chi connectivity index (χ2n) is 9.07. The number of carbonyl (C=O) groups is 1. The van der Waals surface area contributed by atoms with E-state index < -0.39 is 6.10 Å². The summed E-state index contributed by atoms with van der Waals surface area (Å²) in [5.41, 5.74) is 2.59. The monoisotopic (exact) mass is 442 g/mol. The first kappa shape index (κ1) is 20.1. The number of hydrogen-bond donors (Lipinski definition) is 2. The van der Waals surface area contributed by atoms with Gasteiger partial charge in [0, 0.05) is 30.5 Å². The Labute approximate surface area is 192 Å². The number of urea groups is 1. The zero-order chi connectivity index (χ0) is 22.6. The van der Waals surface area contributed by atoms with Gasteiger partial charge in [0.05, 0.1) is 24.3 Å². The molecule has 0 bridgehead atoms. The number of aliphatic hydroxyl groups is 1. The summed E-state index contributed by atoms with van der Waals surface area (Å²) in [6, 6.07) is 17.8. The van der Waals surface area contributed by atoms with Crippen LogP contribution in [0.4, 0.5) is 10.5 Å². The van der Waals surface area contributed by atoms with Gasteiger partial charge in [0.2, 0.25) is 0 Å². The normalized spacial score (nSPS) is 25.1. The molecule has 2 N–H and O–H groups in total. The molecule has 6 nitrogen and oxygen atoms in total. The zero-order valence-corrected chi connectivity index (χ0v) is 18.5. The highest BCUT2D eigenvalue weighted by molar-refractivity contribution is 6.01. The topological polar surface area (TPSA) is 71.0 Å². The van der Waals surface area contributed by atoms with E-state index in [4.69, 9.17) is 9.47 Å². The molecule has 0 radical (unpaired) electrons. The Balaban J connectivity index is 1.36. The van der Waals surface area contributed by atoms with E-state index in [2.05, 4.69) is 11.4 Å². The van der Waals surface area contributed by atoms with Crippen LogP contribution in [0.2, 0.25) is 0 Å². The molecule has 2 heterocycles. The number of ether oxygens (including phenoxy) is 2. The summed E-state index contributed by atoms with van der Waals surface area (Å²) >= 11 is 0. The summed E-state index contributed by atoms with van der Waals surface area (Å²) in [6.45, 7) is 1.06. The van der Waals surface area contributed by atoms with Crippen molar-refractivity contribution in [2.45, 2.75) is 37.0 Å². The van der Waals surface area contributed by atoms with Crippen LogP contribution in [0.5, 0.6) is 11.5 Å². The number of carbonyl (C=O) groups excluding carboxylic acids is 1. The summed E-state index contributed by atoms with van der Waals surface area (Å²) in [5.74, 6) is 1.44. The summed E-state index contributed by atoms with van der Waals surface area (Å²) in [6.07, 6.45) is 4.49. The number of nitrogens with zero attached hydrogens (tertiary/aromatic N) is 1. The molecular formula is C27H26N2O4. The maximum atomic E-state index is 13.4. The molecule has 3 unspecified atom stereocenters. The molecule has 3 aliphatic rings. The Kier molecular flexibility index (Phi) is 4.59. The molecule has 1 spiro atoms. The van der Waals surface area contributed by atoms with Gasteiger partial charge in [-0.15, -0.1) is 0 Å². The van der Waals surface area contributed by atoms with Crippen molar-refractivity contribution < 1.29 is 19.4 Å². The highest BCUT2D eigenvalue weighted by atomic mass is 16.5. The summed E-state index contributed by atoms with van der Waals surface area (Å²) in [7, 11) is 1.64. The van der Waals surface area contributed by atoms with E-state index in [1.54, 1.807) is 7.11 Å². The van der Waals surface area contributed by atoms with Crippen LogP contribution in [-0.2, 0) is 12.0 Å². The number of amides is 2. The Hall–Kier alpha value is -3.51. The predicted octanol–water partition coefficient (Wildman–Crippen LogP) is 4.61. The van der Waals surface area contributed by atoms with E-state index in [0.29, 0.717) is 25.3 Å². The van der Waals surface area contributed by atoms with E-state index in [0.717, 1.165) is 39.8 Å². The van der Waals surface area contributed by atoms with Gasteiger partial charge in [-0.2, -0.15) is 0 Å². The summed E-state index contributed by atoms with van der Waals surface area (Å²) < 4.78 is 11.9. The molecule has 2 amide bonds. The molecule has 6 heteroatoms. The third-order valence-electron chi connectivity index (χ3n) is 7.27. The third-order valence-corrected chi connectivity index (χ3v) is 7.27. The molecule has 3 aromatic rings. The van der Waals surface area contributed by atoms with Crippen molar-refractivity contribution in [3.8, 4) is 11.5 Å². The number of nitrogens with one attached hydrogen (secondary N) is 1. The van der Waals surface area contributed by atoms with Crippen LogP contribution >= 0.6 is 0 Å².